The maximum atomic E-state index is 16.5. The molecule has 3 aromatic heterocycles. The highest BCUT2D eigenvalue weighted by Gasteiger charge is 2.28. The Hall–Kier alpha value is -5.05. The number of nitrogens with one attached hydrogen (secondary N) is 2. The summed E-state index contributed by atoms with van der Waals surface area (Å²) in [6, 6.07) is 17.4. The van der Waals surface area contributed by atoms with Crippen LogP contribution < -0.4 is 20.3 Å². The first-order chi connectivity index (χ1) is 25.9. The summed E-state index contributed by atoms with van der Waals surface area (Å²) in [4.78, 5) is 33.3. The summed E-state index contributed by atoms with van der Waals surface area (Å²) in [7, 11) is -1.57. The SMILES string of the molecule is CC.CC.O=C(COc1nc(N2CCNCC2)c2cnc(-c3cccc4cccc(Cl)c34)c(F)c2n1)Nc1ccc(S(=O)n2cnc(C3CC3)n2)cc1. The zero-order valence-electron chi connectivity index (χ0n) is 30.0. The molecule has 2 N–H and O–H groups in total. The van der Waals surface area contributed by atoms with E-state index >= 15 is 4.39 Å². The van der Waals surface area contributed by atoms with Crippen LogP contribution >= 0.6 is 11.6 Å². The van der Waals surface area contributed by atoms with E-state index in [0.29, 0.717) is 62.6 Å². The first-order valence-electron chi connectivity index (χ1n) is 17.8. The Morgan fingerprint density at radius 1 is 1.00 bits per heavy atom. The van der Waals surface area contributed by atoms with Gasteiger partial charge in [-0.25, -0.2) is 13.6 Å². The molecule has 2 aliphatic rings. The van der Waals surface area contributed by atoms with Crippen LogP contribution in [0.4, 0.5) is 15.9 Å². The summed E-state index contributed by atoms with van der Waals surface area (Å²) in [5.41, 5.74) is 1.12. The number of anilines is 2. The minimum atomic E-state index is -1.57. The number of halogens is 2. The van der Waals surface area contributed by atoms with Gasteiger partial charge < -0.3 is 20.3 Å². The third-order valence-corrected chi connectivity index (χ3v) is 9.95. The van der Waals surface area contributed by atoms with Gasteiger partial charge in [0.25, 0.3) is 5.91 Å². The number of hydrogen-bond donors (Lipinski definition) is 2. The number of nitrogens with zero attached hydrogens (tertiary/aromatic N) is 7. The molecular formula is C38H41ClFN9O3S. The van der Waals surface area contributed by atoms with E-state index in [-0.39, 0.29) is 17.2 Å². The lowest BCUT2D eigenvalue weighted by Gasteiger charge is -2.29. The molecule has 15 heteroatoms. The number of benzene rings is 3. The number of carbonyl (C=O) groups excluding carboxylic acids is 1. The van der Waals surface area contributed by atoms with E-state index in [0.717, 1.165) is 31.3 Å². The average molecular weight is 758 g/mol. The second kappa shape index (κ2) is 17.2. The summed E-state index contributed by atoms with van der Waals surface area (Å²) < 4.78 is 36.5. The molecule has 276 valence electrons. The quantitative estimate of drug-likeness (QED) is 0.156. The molecule has 0 spiro atoms. The van der Waals surface area contributed by atoms with E-state index in [4.69, 9.17) is 16.3 Å². The Labute approximate surface area is 314 Å². The van der Waals surface area contributed by atoms with Gasteiger partial charge in [-0.3, -0.25) is 9.78 Å². The van der Waals surface area contributed by atoms with Gasteiger partial charge in [0, 0.05) is 60.0 Å². The number of pyridine rings is 1. The summed E-state index contributed by atoms with van der Waals surface area (Å²) in [6.07, 6.45) is 5.15. The van der Waals surface area contributed by atoms with Crippen molar-refractivity contribution in [1.29, 1.82) is 0 Å². The molecule has 8 rings (SSSR count). The van der Waals surface area contributed by atoms with Crippen molar-refractivity contribution in [2.24, 2.45) is 0 Å². The fourth-order valence-electron chi connectivity index (χ4n) is 5.84. The molecule has 1 aliphatic carbocycles. The number of piperazine rings is 1. The molecule has 6 aromatic rings. The van der Waals surface area contributed by atoms with Gasteiger partial charge in [-0.05, 0) is 48.6 Å². The molecule has 53 heavy (non-hydrogen) atoms. The molecule has 2 fully saturated rings. The lowest BCUT2D eigenvalue weighted by molar-refractivity contribution is -0.118. The van der Waals surface area contributed by atoms with Gasteiger partial charge >= 0.3 is 6.01 Å². The molecular weight excluding hydrogens is 717 g/mol. The molecule has 3 aromatic carbocycles. The van der Waals surface area contributed by atoms with Crippen LogP contribution in [0.1, 0.15) is 52.3 Å². The molecule has 0 radical (unpaired) electrons. The smallest absolute Gasteiger partial charge is 0.319 e. The van der Waals surface area contributed by atoms with Gasteiger partial charge in [0.2, 0.25) is 0 Å². The lowest BCUT2D eigenvalue weighted by Crippen LogP contribution is -2.44. The van der Waals surface area contributed by atoms with Gasteiger partial charge in [0.1, 0.15) is 23.4 Å². The van der Waals surface area contributed by atoms with Crippen LogP contribution in [-0.2, 0) is 15.8 Å². The minimum absolute atomic E-state index is 0.0215. The van der Waals surface area contributed by atoms with Crippen LogP contribution in [0.2, 0.25) is 5.02 Å². The van der Waals surface area contributed by atoms with Crippen LogP contribution in [0.5, 0.6) is 6.01 Å². The van der Waals surface area contributed by atoms with Crippen LogP contribution in [0, 0.1) is 5.82 Å². The minimum Gasteiger partial charge on any atom is -0.453 e. The Balaban J connectivity index is 0.00000116. The van der Waals surface area contributed by atoms with Crippen LogP contribution in [-0.4, -0.2) is 72.0 Å². The van der Waals surface area contributed by atoms with Crippen LogP contribution in [0.15, 0.2) is 78.1 Å². The van der Waals surface area contributed by atoms with Crippen molar-refractivity contribution in [3.8, 4) is 17.3 Å². The molecule has 1 atom stereocenters. The predicted octanol–water partition coefficient (Wildman–Crippen LogP) is 7.16. The fraction of sp³-hybridized carbons (Fsp3) is 0.316. The molecule has 1 unspecified atom stereocenters. The lowest BCUT2D eigenvalue weighted by atomic mass is 10.0. The van der Waals surface area contributed by atoms with E-state index in [2.05, 4.69) is 35.7 Å². The number of amides is 1. The second-order valence-corrected chi connectivity index (χ2v) is 13.5. The maximum absolute atomic E-state index is 16.5. The van der Waals surface area contributed by atoms with Gasteiger partial charge in [-0.15, -0.1) is 5.10 Å². The molecule has 1 aliphatic heterocycles. The largest absolute Gasteiger partial charge is 0.453 e. The third kappa shape index (κ3) is 8.29. The molecule has 1 saturated heterocycles. The number of hydrogen-bond acceptors (Lipinski definition) is 10. The maximum Gasteiger partial charge on any atom is 0.319 e. The van der Waals surface area contributed by atoms with Crippen molar-refractivity contribution in [2.75, 3.05) is 43.0 Å². The van der Waals surface area contributed by atoms with Crippen LogP contribution in [0.3, 0.4) is 0 Å². The number of aromatic nitrogens is 6. The van der Waals surface area contributed by atoms with E-state index < -0.39 is 29.3 Å². The van der Waals surface area contributed by atoms with Crippen molar-refractivity contribution >= 4 is 61.7 Å². The summed E-state index contributed by atoms with van der Waals surface area (Å²) in [6.45, 7) is 10.3. The van der Waals surface area contributed by atoms with Crippen molar-refractivity contribution in [1.82, 2.24) is 34.4 Å². The summed E-state index contributed by atoms with van der Waals surface area (Å²) >= 11 is 6.56. The number of rotatable bonds is 9. The van der Waals surface area contributed by atoms with E-state index in [9.17, 15) is 9.00 Å². The van der Waals surface area contributed by atoms with Gasteiger partial charge in [0.15, 0.2) is 29.2 Å². The average Bonchev–Trinajstić information content (AvgIpc) is 3.94. The third-order valence-electron chi connectivity index (χ3n) is 8.44. The van der Waals surface area contributed by atoms with E-state index in [1.54, 1.807) is 42.6 Å². The molecule has 0 bridgehead atoms. The predicted molar refractivity (Wildman–Crippen MR) is 207 cm³/mol. The fourth-order valence-corrected chi connectivity index (χ4v) is 7.00. The number of carbonyl (C=O) groups is 1. The molecule has 12 nitrogen and oxygen atoms in total. The van der Waals surface area contributed by atoms with Crippen molar-refractivity contribution in [3.05, 3.63) is 89.9 Å². The monoisotopic (exact) mass is 757 g/mol. The standard InChI is InChI=1S/C34H29ClFN9O3S.2C2H6/c35-26-6-2-4-20-3-1-5-24(28(20)26)30-29(36)31-25(17-38-30)33(44-15-13-37-14-16-44)42-34(41-31)48-18-27(46)40-22-9-11-23(12-10-22)49(47)45-19-39-32(43-45)21-7-8-21;2*1-2/h1-6,9-12,17,19,21,37H,7-8,13-16,18H2,(H,40,46);2*1-2H3. The van der Waals surface area contributed by atoms with Gasteiger partial charge in [-0.2, -0.15) is 14.1 Å². The highest BCUT2D eigenvalue weighted by Crippen LogP contribution is 2.38. The summed E-state index contributed by atoms with van der Waals surface area (Å²) in [5, 5.41) is 12.8. The Morgan fingerprint density at radius 3 is 2.43 bits per heavy atom. The highest BCUT2D eigenvalue weighted by molar-refractivity contribution is 7.83. The Morgan fingerprint density at radius 2 is 1.72 bits per heavy atom. The van der Waals surface area contributed by atoms with Crippen molar-refractivity contribution < 1.29 is 18.1 Å². The van der Waals surface area contributed by atoms with E-state index in [1.807, 2.05) is 56.9 Å². The zero-order valence-corrected chi connectivity index (χ0v) is 31.5. The molecule has 1 saturated carbocycles. The molecule has 1 amide bonds. The highest BCUT2D eigenvalue weighted by atomic mass is 35.5. The van der Waals surface area contributed by atoms with Gasteiger partial charge in [-0.1, -0.05) is 69.6 Å². The summed E-state index contributed by atoms with van der Waals surface area (Å²) in [5.74, 6) is 0.409. The first-order valence-corrected chi connectivity index (χ1v) is 19.3. The Bertz CT molecular complexity index is 2240. The first kappa shape index (κ1) is 37.7. The number of fused-ring (bicyclic) bond motifs is 2. The van der Waals surface area contributed by atoms with Crippen LogP contribution in [0.25, 0.3) is 32.9 Å². The zero-order chi connectivity index (χ0) is 37.5. The van der Waals surface area contributed by atoms with Crippen molar-refractivity contribution in [2.45, 2.75) is 51.3 Å². The normalized spacial score (nSPS) is 14.5. The second-order valence-electron chi connectivity index (χ2n) is 11.8. The number of ether oxygens (including phenoxy) is 1. The van der Waals surface area contributed by atoms with Gasteiger partial charge in [0.05, 0.1) is 10.3 Å². The van der Waals surface area contributed by atoms with E-state index in [1.165, 1.54) is 10.4 Å². The Kier molecular flexibility index (Phi) is 12.2. The van der Waals surface area contributed by atoms with Crippen molar-refractivity contribution in [3.63, 3.8) is 0 Å². The molecule has 4 heterocycles. The topological polar surface area (TPSA) is 140 Å².